The van der Waals surface area contributed by atoms with Crippen molar-refractivity contribution in [2.75, 3.05) is 26.4 Å². The molecule has 3 aromatic rings. The van der Waals surface area contributed by atoms with Gasteiger partial charge in [-0.1, -0.05) is 42.2 Å². The highest BCUT2D eigenvalue weighted by atomic mass is 32.2. The molecule has 1 fully saturated rings. The first-order valence-electron chi connectivity index (χ1n) is 11.7. The van der Waals surface area contributed by atoms with Crippen LogP contribution in [0.4, 0.5) is 0 Å². The van der Waals surface area contributed by atoms with Gasteiger partial charge in [-0.25, -0.2) is 4.68 Å². The maximum atomic E-state index is 13.2. The van der Waals surface area contributed by atoms with Gasteiger partial charge in [-0.2, -0.15) is 5.10 Å². The summed E-state index contributed by atoms with van der Waals surface area (Å²) in [5.41, 5.74) is 4.64. The fraction of sp³-hybridized carbons (Fsp3) is 0.296. The molecular weight excluding hydrogens is 478 g/mol. The number of aryl methyl sites for hydroxylation is 1. The summed E-state index contributed by atoms with van der Waals surface area (Å²) in [6.45, 7) is 8.41. The van der Waals surface area contributed by atoms with Crippen LogP contribution in [-0.4, -0.2) is 51.3 Å². The SMILES string of the molecule is CCOCCCN1C(=O)C(=Cc2cn(-c3ccccc3)nc2-c2ccc(OCC)cc2C)SC1=S. The summed E-state index contributed by atoms with van der Waals surface area (Å²) in [6.07, 6.45) is 4.61. The lowest BCUT2D eigenvalue weighted by Crippen LogP contribution is -2.29. The average Bonchev–Trinajstić information content (AvgIpc) is 3.38. The van der Waals surface area contributed by atoms with Crippen LogP contribution in [0, 0.1) is 6.92 Å². The van der Waals surface area contributed by atoms with E-state index in [0.29, 0.717) is 35.6 Å². The van der Waals surface area contributed by atoms with E-state index >= 15 is 0 Å². The van der Waals surface area contributed by atoms with Gasteiger partial charge in [-0.15, -0.1) is 0 Å². The van der Waals surface area contributed by atoms with E-state index in [1.807, 2.05) is 86.3 Å². The molecular formula is C27H29N3O3S2. The van der Waals surface area contributed by atoms with Crippen molar-refractivity contribution in [3.8, 4) is 22.7 Å². The van der Waals surface area contributed by atoms with E-state index in [1.165, 1.54) is 11.8 Å². The molecule has 4 rings (SSSR count). The molecule has 35 heavy (non-hydrogen) atoms. The Kier molecular flexibility index (Phi) is 8.38. The highest BCUT2D eigenvalue weighted by Gasteiger charge is 2.32. The van der Waals surface area contributed by atoms with Gasteiger partial charge >= 0.3 is 0 Å². The molecule has 1 saturated heterocycles. The first-order chi connectivity index (χ1) is 17.0. The van der Waals surface area contributed by atoms with E-state index in [4.69, 9.17) is 26.8 Å². The second-order valence-corrected chi connectivity index (χ2v) is 9.68. The molecule has 1 aliphatic heterocycles. The van der Waals surface area contributed by atoms with Gasteiger partial charge in [0.2, 0.25) is 0 Å². The molecule has 8 heteroatoms. The third-order valence-corrected chi connectivity index (χ3v) is 6.94. The maximum Gasteiger partial charge on any atom is 0.266 e. The number of hydrogen-bond donors (Lipinski definition) is 0. The number of thioether (sulfide) groups is 1. The molecule has 182 valence electrons. The Morgan fingerprint density at radius 3 is 2.63 bits per heavy atom. The van der Waals surface area contributed by atoms with Gasteiger partial charge < -0.3 is 9.47 Å². The van der Waals surface area contributed by atoms with Gasteiger partial charge in [-0.3, -0.25) is 9.69 Å². The van der Waals surface area contributed by atoms with E-state index in [-0.39, 0.29) is 5.91 Å². The van der Waals surface area contributed by atoms with Crippen molar-refractivity contribution in [3.05, 3.63) is 70.8 Å². The Morgan fingerprint density at radius 2 is 1.91 bits per heavy atom. The fourth-order valence-corrected chi connectivity index (χ4v) is 5.18. The quantitative estimate of drug-likeness (QED) is 0.194. The van der Waals surface area contributed by atoms with Crippen LogP contribution in [0.2, 0.25) is 0 Å². The lowest BCUT2D eigenvalue weighted by molar-refractivity contribution is -0.122. The number of rotatable bonds is 10. The molecule has 2 aromatic carbocycles. The second kappa shape index (κ2) is 11.7. The van der Waals surface area contributed by atoms with Gasteiger partial charge in [0.15, 0.2) is 0 Å². The van der Waals surface area contributed by atoms with Crippen molar-refractivity contribution in [2.24, 2.45) is 0 Å². The number of carbonyl (C=O) groups excluding carboxylic acids is 1. The summed E-state index contributed by atoms with van der Waals surface area (Å²) < 4.78 is 13.5. The second-order valence-electron chi connectivity index (χ2n) is 8.01. The maximum absolute atomic E-state index is 13.2. The van der Waals surface area contributed by atoms with Crippen molar-refractivity contribution >= 4 is 40.3 Å². The molecule has 0 saturated carbocycles. The molecule has 0 aliphatic carbocycles. The van der Waals surface area contributed by atoms with Crippen LogP contribution in [-0.2, 0) is 9.53 Å². The minimum absolute atomic E-state index is 0.0710. The zero-order valence-electron chi connectivity index (χ0n) is 20.2. The number of benzene rings is 2. The van der Waals surface area contributed by atoms with Gasteiger partial charge in [-0.05, 0) is 69.2 Å². The van der Waals surface area contributed by atoms with E-state index in [0.717, 1.165) is 40.2 Å². The molecule has 6 nitrogen and oxygen atoms in total. The number of nitrogens with zero attached hydrogens (tertiary/aromatic N) is 3. The molecule has 1 amide bonds. The first kappa shape index (κ1) is 25.2. The number of para-hydroxylation sites is 1. The summed E-state index contributed by atoms with van der Waals surface area (Å²) in [7, 11) is 0. The summed E-state index contributed by atoms with van der Waals surface area (Å²) in [4.78, 5) is 15.4. The highest BCUT2D eigenvalue weighted by molar-refractivity contribution is 8.26. The van der Waals surface area contributed by atoms with Crippen LogP contribution in [0.25, 0.3) is 23.0 Å². The van der Waals surface area contributed by atoms with E-state index in [1.54, 1.807) is 4.90 Å². The highest BCUT2D eigenvalue weighted by Crippen LogP contribution is 2.36. The van der Waals surface area contributed by atoms with Gasteiger partial charge in [0, 0.05) is 37.1 Å². The Morgan fingerprint density at radius 1 is 1.11 bits per heavy atom. The molecule has 0 unspecified atom stereocenters. The standard InChI is InChI=1S/C27H29N3O3S2/c1-4-32-15-9-14-29-26(31)24(35-27(29)34)17-20-18-30(21-10-7-6-8-11-21)28-25(20)23-13-12-22(33-5-2)16-19(23)3/h6-8,10-13,16-18H,4-5,9,14-15H2,1-3H3. The summed E-state index contributed by atoms with van der Waals surface area (Å²) >= 11 is 6.84. The van der Waals surface area contributed by atoms with Crippen molar-refractivity contribution in [1.82, 2.24) is 14.7 Å². The normalized spacial score (nSPS) is 14.8. The molecule has 0 spiro atoms. The molecule has 0 N–H and O–H groups in total. The molecule has 2 heterocycles. The van der Waals surface area contributed by atoms with Crippen molar-refractivity contribution in [3.63, 3.8) is 0 Å². The van der Waals surface area contributed by atoms with Crippen LogP contribution >= 0.6 is 24.0 Å². The van der Waals surface area contributed by atoms with Crippen molar-refractivity contribution in [2.45, 2.75) is 27.2 Å². The predicted octanol–water partition coefficient (Wildman–Crippen LogP) is 5.87. The van der Waals surface area contributed by atoms with Gasteiger partial charge in [0.1, 0.15) is 15.8 Å². The molecule has 1 aromatic heterocycles. The van der Waals surface area contributed by atoms with E-state index < -0.39 is 0 Å². The van der Waals surface area contributed by atoms with Crippen molar-refractivity contribution < 1.29 is 14.3 Å². The number of carbonyl (C=O) groups is 1. The van der Waals surface area contributed by atoms with Crippen LogP contribution in [0.5, 0.6) is 5.75 Å². The lowest BCUT2D eigenvalue weighted by Gasteiger charge is -2.13. The Hall–Kier alpha value is -2.94. The van der Waals surface area contributed by atoms with Crippen LogP contribution in [0.15, 0.2) is 59.6 Å². The third-order valence-electron chi connectivity index (χ3n) is 5.56. The lowest BCUT2D eigenvalue weighted by atomic mass is 10.0. The molecule has 0 bridgehead atoms. The monoisotopic (exact) mass is 507 g/mol. The summed E-state index contributed by atoms with van der Waals surface area (Å²) in [5.74, 6) is 0.754. The predicted molar refractivity (Wildman–Crippen MR) is 146 cm³/mol. The Bertz CT molecular complexity index is 1240. The van der Waals surface area contributed by atoms with Crippen molar-refractivity contribution in [1.29, 1.82) is 0 Å². The smallest absolute Gasteiger partial charge is 0.266 e. The zero-order chi connectivity index (χ0) is 24.8. The van der Waals surface area contributed by atoms with E-state index in [2.05, 4.69) is 0 Å². The third kappa shape index (κ3) is 5.83. The number of aromatic nitrogens is 2. The first-order valence-corrected chi connectivity index (χ1v) is 13.0. The minimum atomic E-state index is -0.0710. The van der Waals surface area contributed by atoms with Crippen LogP contribution in [0.3, 0.4) is 0 Å². The summed E-state index contributed by atoms with van der Waals surface area (Å²) in [6, 6.07) is 15.9. The fourth-order valence-electron chi connectivity index (χ4n) is 3.88. The van der Waals surface area contributed by atoms with Gasteiger partial charge in [0.05, 0.1) is 17.2 Å². The van der Waals surface area contributed by atoms with Crippen LogP contribution in [0.1, 0.15) is 31.4 Å². The molecule has 0 radical (unpaired) electrons. The average molecular weight is 508 g/mol. The minimum Gasteiger partial charge on any atom is -0.494 e. The number of hydrogen-bond acceptors (Lipinski definition) is 6. The zero-order valence-corrected chi connectivity index (χ0v) is 21.8. The number of ether oxygens (including phenoxy) is 2. The van der Waals surface area contributed by atoms with Gasteiger partial charge in [0.25, 0.3) is 5.91 Å². The van der Waals surface area contributed by atoms with E-state index in [9.17, 15) is 4.79 Å². The molecule has 0 atom stereocenters. The number of amides is 1. The Balaban J connectivity index is 1.70. The van der Waals surface area contributed by atoms with Crippen LogP contribution < -0.4 is 4.74 Å². The molecule has 1 aliphatic rings. The summed E-state index contributed by atoms with van der Waals surface area (Å²) in [5, 5.41) is 4.91. The topological polar surface area (TPSA) is 56.6 Å². The Labute approximate surface area is 215 Å². The largest absolute Gasteiger partial charge is 0.494 e. The number of thiocarbonyl (C=S) groups is 1.